The molecule has 0 bridgehead atoms. The van der Waals surface area contributed by atoms with Gasteiger partial charge in [0, 0.05) is 35.5 Å². The van der Waals surface area contributed by atoms with Gasteiger partial charge in [-0.25, -0.2) is 13.2 Å². The number of pyridine rings is 1. The lowest BCUT2D eigenvalue weighted by atomic mass is 10.1. The largest absolute Gasteiger partial charge is 0.493 e. The predicted molar refractivity (Wildman–Crippen MR) is 134 cm³/mol. The van der Waals surface area contributed by atoms with E-state index in [1.165, 1.54) is 39.5 Å². The quantitative estimate of drug-likeness (QED) is 0.288. The lowest BCUT2D eigenvalue weighted by Gasteiger charge is -2.15. The van der Waals surface area contributed by atoms with Crippen LogP contribution in [0.15, 0.2) is 60.8 Å². The van der Waals surface area contributed by atoms with Crippen molar-refractivity contribution in [3.63, 3.8) is 0 Å². The van der Waals surface area contributed by atoms with Gasteiger partial charge in [-0.15, -0.1) is 0 Å². The molecule has 11 heteroatoms. The Balaban J connectivity index is 1.47. The first-order chi connectivity index (χ1) is 18.2. The van der Waals surface area contributed by atoms with Crippen LogP contribution in [0.2, 0.25) is 0 Å². The predicted octanol–water partition coefficient (Wildman–Crippen LogP) is 5.67. The molecule has 1 heterocycles. The minimum atomic E-state index is -1.27. The summed E-state index contributed by atoms with van der Waals surface area (Å²) in [5, 5.41) is 5.21. The third-order valence-electron chi connectivity index (χ3n) is 5.60. The molecule has 0 aliphatic heterocycles. The van der Waals surface area contributed by atoms with Gasteiger partial charge in [-0.1, -0.05) is 0 Å². The van der Waals surface area contributed by atoms with Crippen LogP contribution in [0.4, 0.5) is 24.5 Å². The van der Waals surface area contributed by atoms with Crippen molar-refractivity contribution in [2.45, 2.75) is 6.92 Å². The number of amides is 2. The smallest absolute Gasteiger partial charge is 0.236 e. The Morgan fingerprint density at radius 1 is 0.789 bits per heavy atom. The molecule has 0 saturated heterocycles. The van der Waals surface area contributed by atoms with Crippen molar-refractivity contribution in [3.05, 3.63) is 78.2 Å². The third-order valence-corrected chi connectivity index (χ3v) is 5.60. The number of hydrogen-bond donors (Lipinski definition) is 2. The molecule has 196 valence electrons. The number of nitrogens with one attached hydrogen (secondary N) is 2. The first kappa shape index (κ1) is 26.3. The second-order valence-corrected chi connectivity index (χ2v) is 8.11. The Morgan fingerprint density at radius 3 is 2.18 bits per heavy atom. The van der Waals surface area contributed by atoms with Crippen molar-refractivity contribution < 1.29 is 37.0 Å². The van der Waals surface area contributed by atoms with Crippen LogP contribution >= 0.6 is 0 Å². The zero-order chi connectivity index (χ0) is 27.4. The topological polar surface area (TPSA) is 98.8 Å². The zero-order valence-electron chi connectivity index (χ0n) is 20.5. The molecule has 1 atom stereocenters. The molecule has 1 unspecified atom stereocenters. The first-order valence-electron chi connectivity index (χ1n) is 11.2. The maximum Gasteiger partial charge on any atom is 0.236 e. The van der Waals surface area contributed by atoms with E-state index in [1.807, 2.05) is 0 Å². The molecule has 2 amide bonds. The fraction of sp³-hybridized carbons (Fsp3) is 0.148. The Bertz CT molecular complexity index is 1530. The number of benzene rings is 3. The molecule has 38 heavy (non-hydrogen) atoms. The van der Waals surface area contributed by atoms with Crippen LogP contribution in [0.5, 0.6) is 23.0 Å². The van der Waals surface area contributed by atoms with Crippen molar-refractivity contribution in [2.75, 3.05) is 24.9 Å². The van der Waals surface area contributed by atoms with Gasteiger partial charge in [0.1, 0.15) is 23.3 Å². The summed E-state index contributed by atoms with van der Waals surface area (Å²) in [5.74, 6) is -4.33. The van der Waals surface area contributed by atoms with E-state index in [0.29, 0.717) is 34.2 Å². The molecule has 3 aromatic carbocycles. The molecule has 0 aliphatic rings. The number of halogens is 3. The Kier molecular flexibility index (Phi) is 7.66. The number of hydrogen-bond acceptors (Lipinski definition) is 6. The average Bonchev–Trinajstić information content (AvgIpc) is 2.90. The van der Waals surface area contributed by atoms with Crippen LogP contribution in [0.25, 0.3) is 10.9 Å². The zero-order valence-corrected chi connectivity index (χ0v) is 20.5. The minimum Gasteiger partial charge on any atom is -0.493 e. The lowest BCUT2D eigenvalue weighted by molar-refractivity contribution is -0.128. The van der Waals surface area contributed by atoms with E-state index in [2.05, 4.69) is 15.6 Å². The lowest BCUT2D eigenvalue weighted by Crippen LogP contribution is -2.31. The van der Waals surface area contributed by atoms with E-state index >= 15 is 0 Å². The Hall–Kier alpha value is -4.80. The molecule has 1 aromatic heterocycles. The summed E-state index contributed by atoms with van der Waals surface area (Å²) in [6.07, 6.45) is 1.50. The molecule has 4 aromatic rings. The van der Waals surface area contributed by atoms with E-state index in [1.54, 1.807) is 18.2 Å². The number of rotatable bonds is 8. The number of methoxy groups -OCH3 is 2. The number of carbonyl (C=O) groups is 2. The van der Waals surface area contributed by atoms with Crippen molar-refractivity contribution in [2.24, 2.45) is 5.92 Å². The summed E-state index contributed by atoms with van der Waals surface area (Å²) in [4.78, 5) is 29.1. The molecular weight excluding hydrogens is 503 g/mol. The van der Waals surface area contributed by atoms with Gasteiger partial charge in [0.05, 0.1) is 25.4 Å². The molecule has 2 N–H and O–H groups in total. The van der Waals surface area contributed by atoms with Crippen molar-refractivity contribution >= 4 is 34.1 Å². The van der Waals surface area contributed by atoms with Gasteiger partial charge in [0.2, 0.25) is 11.8 Å². The average molecular weight is 525 g/mol. The van der Waals surface area contributed by atoms with Crippen molar-refractivity contribution in [1.29, 1.82) is 0 Å². The van der Waals surface area contributed by atoms with Gasteiger partial charge in [-0.05, 0) is 43.3 Å². The highest BCUT2D eigenvalue weighted by molar-refractivity contribution is 6.10. The number of ether oxygens (including phenoxy) is 3. The highest BCUT2D eigenvalue weighted by Crippen LogP contribution is 2.37. The van der Waals surface area contributed by atoms with Gasteiger partial charge in [0.25, 0.3) is 0 Å². The van der Waals surface area contributed by atoms with Crippen molar-refractivity contribution in [3.8, 4) is 23.0 Å². The van der Waals surface area contributed by atoms with Crippen LogP contribution < -0.4 is 24.8 Å². The number of carbonyl (C=O) groups excluding carboxylic acids is 2. The first-order valence-corrected chi connectivity index (χ1v) is 11.2. The summed E-state index contributed by atoms with van der Waals surface area (Å²) in [5.41, 5.74) is 0.332. The van der Waals surface area contributed by atoms with E-state index in [9.17, 15) is 22.8 Å². The van der Waals surface area contributed by atoms with E-state index < -0.39 is 35.2 Å². The number of fused-ring (bicyclic) bond motifs is 1. The summed E-state index contributed by atoms with van der Waals surface area (Å²) < 4.78 is 58.1. The summed E-state index contributed by atoms with van der Waals surface area (Å²) in [6.45, 7) is 1.29. The Labute approximate surface area is 215 Å². The maximum atomic E-state index is 14.9. The van der Waals surface area contributed by atoms with Gasteiger partial charge in [-0.2, -0.15) is 0 Å². The molecule has 8 nitrogen and oxygen atoms in total. The van der Waals surface area contributed by atoms with Gasteiger partial charge >= 0.3 is 0 Å². The summed E-state index contributed by atoms with van der Waals surface area (Å²) >= 11 is 0. The van der Waals surface area contributed by atoms with Crippen LogP contribution in [-0.2, 0) is 9.59 Å². The molecule has 0 radical (unpaired) electrons. The van der Waals surface area contributed by atoms with E-state index in [-0.39, 0.29) is 17.1 Å². The second kappa shape index (κ2) is 11.1. The summed E-state index contributed by atoms with van der Waals surface area (Å²) in [6, 6.07) is 11.2. The maximum absolute atomic E-state index is 14.9. The fourth-order valence-corrected chi connectivity index (χ4v) is 3.52. The molecule has 0 aliphatic carbocycles. The van der Waals surface area contributed by atoms with Crippen LogP contribution in [0.1, 0.15) is 6.92 Å². The molecule has 4 rings (SSSR count). The fourth-order valence-electron chi connectivity index (χ4n) is 3.52. The van der Waals surface area contributed by atoms with Crippen LogP contribution in [0.3, 0.4) is 0 Å². The number of aromatic nitrogens is 1. The van der Waals surface area contributed by atoms with E-state index in [0.717, 1.165) is 18.2 Å². The highest BCUT2D eigenvalue weighted by atomic mass is 19.1. The molecule has 0 saturated carbocycles. The monoisotopic (exact) mass is 525 g/mol. The molecular formula is C27H22F3N3O5. The molecule has 0 fully saturated rings. The van der Waals surface area contributed by atoms with Gasteiger partial charge in [0.15, 0.2) is 23.1 Å². The SMILES string of the molecule is COc1cc2nccc(Oc3ccc(NC(=O)C(C)C(=O)Nc4ccc(F)cc4F)cc3F)c2cc1OC. The number of anilines is 2. The van der Waals surface area contributed by atoms with Crippen LogP contribution in [0, 0.1) is 23.4 Å². The number of nitrogens with zero attached hydrogens (tertiary/aromatic N) is 1. The summed E-state index contributed by atoms with van der Waals surface area (Å²) in [7, 11) is 2.98. The van der Waals surface area contributed by atoms with Crippen molar-refractivity contribution in [1.82, 2.24) is 4.98 Å². The standard InChI is InChI=1S/C27H22F3N3O5/c1-14(27(35)33-20-6-4-15(28)10-18(20)29)26(34)32-16-5-7-23(19(30)11-16)38-22-8-9-31-21-13-25(37-3)24(36-2)12-17(21)22/h4-14H,1-3H3,(H,32,34)(H,33,35). The molecule has 0 spiro atoms. The Morgan fingerprint density at radius 2 is 1.50 bits per heavy atom. The third kappa shape index (κ3) is 5.61. The van der Waals surface area contributed by atoms with E-state index in [4.69, 9.17) is 14.2 Å². The van der Waals surface area contributed by atoms with Gasteiger partial charge < -0.3 is 24.8 Å². The van der Waals surface area contributed by atoms with Gasteiger partial charge in [-0.3, -0.25) is 14.6 Å². The minimum absolute atomic E-state index is 0.0680. The highest BCUT2D eigenvalue weighted by Gasteiger charge is 2.23. The van der Waals surface area contributed by atoms with Crippen LogP contribution in [-0.4, -0.2) is 31.0 Å². The normalized spacial score (nSPS) is 11.5. The second-order valence-electron chi connectivity index (χ2n) is 8.11.